The highest BCUT2D eigenvalue weighted by atomic mass is 16.4. The lowest BCUT2D eigenvalue weighted by Gasteiger charge is -2.37. The zero-order chi connectivity index (χ0) is 17.7. The summed E-state index contributed by atoms with van der Waals surface area (Å²) in [5.74, 6) is -1.71. The molecular formula is C16H25N3O5. The standard InChI is InChI=1S/C16H25N3O5/c1-11(2)13(18(10-21)12-6-4-3-5-7-12)14(22)15-17-19(8-9-20)16(23)24-15/h10-13,20H,3-9H2,1-2H3/t13-/m0/s1. The van der Waals surface area contributed by atoms with Crippen LogP contribution in [0.1, 0.15) is 56.6 Å². The number of rotatable bonds is 8. The second-order valence-electron chi connectivity index (χ2n) is 6.52. The van der Waals surface area contributed by atoms with E-state index in [9.17, 15) is 14.4 Å². The van der Waals surface area contributed by atoms with Crippen LogP contribution in [0.4, 0.5) is 0 Å². The molecule has 2 rings (SSSR count). The molecule has 1 fully saturated rings. The van der Waals surface area contributed by atoms with Crippen LogP contribution in [0.3, 0.4) is 0 Å². The lowest BCUT2D eigenvalue weighted by atomic mass is 9.90. The number of nitrogens with zero attached hydrogens (tertiary/aromatic N) is 3. The van der Waals surface area contributed by atoms with E-state index in [1.54, 1.807) is 4.90 Å². The van der Waals surface area contributed by atoms with E-state index < -0.39 is 17.6 Å². The molecule has 134 valence electrons. The van der Waals surface area contributed by atoms with E-state index in [2.05, 4.69) is 5.10 Å². The molecule has 1 aliphatic carbocycles. The lowest BCUT2D eigenvalue weighted by molar-refractivity contribution is -0.123. The molecule has 1 amide bonds. The Labute approximate surface area is 140 Å². The Morgan fingerprint density at radius 1 is 1.42 bits per heavy atom. The van der Waals surface area contributed by atoms with E-state index >= 15 is 0 Å². The van der Waals surface area contributed by atoms with Crippen molar-refractivity contribution < 1.29 is 19.1 Å². The van der Waals surface area contributed by atoms with Crippen LogP contribution < -0.4 is 5.76 Å². The van der Waals surface area contributed by atoms with E-state index in [0.29, 0.717) is 0 Å². The Bertz CT molecular complexity index is 615. The SMILES string of the molecule is CC(C)[C@@H](C(=O)c1nn(CCO)c(=O)o1)N(C=O)C1CCCCC1. The van der Waals surface area contributed by atoms with Crippen LogP contribution in [0.15, 0.2) is 9.21 Å². The van der Waals surface area contributed by atoms with Crippen LogP contribution >= 0.6 is 0 Å². The molecule has 1 saturated carbocycles. The van der Waals surface area contributed by atoms with E-state index in [1.807, 2.05) is 13.8 Å². The number of carbonyl (C=O) groups is 2. The molecule has 24 heavy (non-hydrogen) atoms. The fraction of sp³-hybridized carbons (Fsp3) is 0.750. The predicted octanol–water partition coefficient (Wildman–Crippen LogP) is 0.827. The molecule has 8 nitrogen and oxygen atoms in total. The average Bonchev–Trinajstić information content (AvgIpc) is 2.94. The van der Waals surface area contributed by atoms with Crippen LogP contribution in [-0.2, 0) is 11.3 Å². The van der Waals surface area contributed by atoms with Gasteiger partial charge in [0.1, 0.15) is 6.04 Å². The van der Waals surface area contributed by atoms with Crippen molar-refractivity contribution in [2.45, 2.75) is 64.6 Å². The Morgan fingerprint density at radius 3 is 2.62 bits per heavy atom. The molecule has 1 atom stereocenters. The highest BCUT2D eigenvalue weighted by molar-refractivity contribution is 5.97. The quantitative estimate of drug-likeness (QED) is 0.555. The third kappa shape index (κ3) is 3.92. The molecule has 1 aliphatic rings. The van der Waals surface area contributed by atoms with Gasteiger partial charge in [-0.25, -0.2) is 4.79 Å². The zero-order valence-corrected chi connectivity index (χ0v) is 14.2. The Balaban J connectivity index is 2.27. The smallest absolute Gasteiger partial charge is 0.394 e. The first-order valence-corrected chi connectivity index (χ1v) is 8.45. The molecule has 0 aliphatic heterocycles. The van der Waals surface area contributed by atoms with Gasteiger partial charge in [-0.1, -0.05) is 33.1 Å². The van der Waals surface area contributed by atoms with E-state index in [-0.39, 0.29) is 31.0 Å². The van der Waals surface area contributed by atoms with Gasteiger partial charge in [-0.2, -0.15) is 4.68 Å². The third-order valence-electron chi connectivity index (χ3n) is 4.47. The summed E-state index contributed by atoms with van der Waals surface area (Å²) in [4.78, 5) is 37.7. The number of aromatic nitrogens is 2. The van der Waals surface area contributed by atoms with Crippen LogP contribution in [0.5, 0.6) is 0 Å². The highest BCUT2D eigenvalue weighted by Crippen LogP contribution is 2.26. The summed E-state index contributed by atoms with van der Waals surface area (Å²) in [5, 5.41) is 12.8. The van der Waals surface area contributed by atoms with Gasteiger partial charge < -0.3 is 14.4 Å². The lowest BCUT2D eigenvalue weighted by Crippen LogP contribution is -2.50. The number of carbonyl (C=O) groups excluding carboxylic acids is 2. The summed E-state index contributed by atoms with van der Waals surface area (Å²) in [6, 6.07) is -0.690. The molecular weight excluding hydrogens is 314 g/mol. The fourth-order valence-electron chi connectivity index (χ4n) is 3.31. The molecule has 1 N–H and O–H groups in total. The van der Waals surface area contributed by atoms with Crippen LogP contribution in [-0.4, -0.2) is 50.7 Å². The third-order valence-corrected chi connectivity index (χ3v) is 4.47. The number of hydrogen-bond acceptors (Lipinski definition) is 6. The van der Waals surface area contributed by atoms with Crippen molar-refractivity contribution in [3.8, 4) is 0 Å². The molecule has 1 heterocycles. The number of aliphatic hydroxyl groups is 1. The summed E-state index contributed by atoms with van der Waals surface area (Å²) in [6.07, 6.45) is 5.68. The first-order chi connectivity index (χ1) is 11.5. The molecule has 0 radical (unpaired) electrons. The summed E-state index contributed by atoms with van der Waals surface area (Å²) < 4.78 is 5.85. The summed E-state index contributed by atoms with van der Waals surface area (Å²) >= 11 is 0. The summed E-state index contributed by atoms with van der Waals surface area (Å²) in [5.41, 5.74) is 0. The van der Waals surface area contributed by atoms with Gasteiger partial charge in [0.05, 0.1) is 13.2 Å². The maximum absolute atomic E-state index is 12.8. The number of aliphatic hydroxyl groups excluding tert-OH is 1. The maximum Gasteiger partial charge on any atom is 0.437 e. The Kier molecular flexibility index (Phi) is 6.30. The molecule has 0 spiro atoms. The second-order valence-corrected chi connectivity index (χ2v) is 6.52. The van der Waals surface area contributed by atoms with Crippen molar-refractivity contribution in [1.29, 1.82) is 0 Å². The molecule has 0 aromatic carbocycles. The molecule has 1 aromatic heterocycles. The Morgan fingerprint density at radius 2 is 2.08 bits per heavy atom. The second kappa shape index (κ2) is 8.23. The molecule has 0 saturated heterocycles. The minimum atomic E-state index is -0.787. The van der Waals surface area contributed by atoms with Gasteiger partial charge in [0.2, 0.25) is 12.2 Å². The normalized spacial score (nSPS) is 17.0. The molecule has 8 heteroatoms. The van der Waals surface area contributed by atoms with Crippen molar-refractivity contribution in [3.63, 3.8) is 0 Å². The van der Waals surface area contributed by atoms with Crippen LogP contribution in [0.2, 0.25) is 0 Å². The van der Waals surface area contributed by atoms with Crippen molar-refractivity contribution in [1.82, 2.24) is 14.7 Å². The van der Waals surface area contributed by atoms with E-state index in [1.165, 1.54) is 0 Å². The van der Waals surface area contributed by atoms with Gasteiger partial charge in [-0.05, 0) is 18.8 Å². The van der Waals surface area contributed by atoms with Crippen molar-refractivity contribution in [3.05, 3.63) is 16.4 Å². The first kappa shape index (κ1) is 18.4. The minimum Gasteiger partial charge on any atom is -0.394 e. The van der Waals surface area contributed by atoms with E-state index in [4.69, 9.17) is 9.52 Å². The average molecular weight is 339 g/mol. The van der Waals surface area contributed by atoms with Crippen molar-refractivity contribution in [2.24, 2.45) is 5.92 Å². The fourth-order valence-corrected chi connectivity index (χ4v) is 3.31. The number of hydrogen-bond donors (Lipinski definition) is 1. The highest BCUT2D eigenvalue weighted by Gasteiger charge is 2.36. The van der Waals surface area contributed by atoms with E-state index in [0.717, 1.165) is 43.2 Å². The summed E-state index contributed by atoms with van der Waals surface area (Å²) in [6.45, 7) is 3.38. The van der Waals surface area contributed by atoms with Gasteiger partial charge in [-0.15, -0.1) is 5.10 Å². The predicted molar refractivity (Wildman–Crippen MR) is 85.6 cm³/mol. The van der Waals surface area contributed by atoms with Gasteiger partial charge >= 0.3 is 5.76 Å². The van der Waals surface area contributed by atoms with Gasteiger partial charge in [0.15, 0.2) is 0 Å². The monoisotopic (exact) mass is 339 g/mol. The maximum atomic E-state index is 12.8. The number of ketones is 1. The van der Waals surface area contributed by atoms with Crippen LogP contribution in [0.25, 0.3) is 0 Å². The van der Waals surface area contributed by atoms with Crippen LogP contribution in [0, 0.1) is 5.92 Å². The van der Waals surface area contributed by atoms with Gasteiger partial charge in [0.25, 0.3) is 5.89 Å². The zero-order valence-electron chi connectivity index (χ0n) is 14.2. The first-order valence-electron chi connectivity index (χ1n) is 8.45. The molecule has 0 bridgehead atoms. The topological polar surface area (TPSA) is 106 Å². The van der Waals surface area contributed by atoms with Gasteiger partial charge in [0, 0.05) is 6.04 Å². The molecule has 0 unspecified atom stereocenters. The van der Waals surface area contributed by atoms with Crippen molar-refractivity contribution in [2.75, 3.05) is 6.61 Å². The number of amides is 1. The minimum absolute atomic E-state index is 0.0267. The number of Topliss-reactive ketones (excluding diaryl/α,β-unsaturated/α-hetero) is 1. The van der Waals surface area contributed by atoms with Crippen molar-refractivity contribution >= 4 is 12.2 Å². The summed E-state index contributed by atoms with van der Waals surface area (Å²) in [7, 11) is 0. The van der Waals surface area contributed by atoms with Gasteiger partial charge in [-0.3, -0.25) is 9.59 Å². The molecule has 1 aromatic rings. The largest absolute Gasteiger partial charge is 0.437 e. The Hall–Kier alpha value is -1.96.